The van der Waals surface area contributed by atoms with Crippen molar-refractivity contribution < 1.29 is 14.3 Å². The molecule has 1 fully saturated rings. The lowest BCUT2D eigenvalue weighted by Gasteiger charge is -2.23. The number of hydrogen-bond acceptors (Lipinski definition) is 6. The van der Waals surface area contributed by atoms with E-state index in [1.54, 1.807) is 29.6 Å². The van der Waals surface area contributed by atoms with Crippen LogP contribution in [0.5, 0.6) is 11.5 Å². The molecule has 0 radical (unpaired) electrons. The van der Waals surface area contributed by atoms with E-state index in [0.29, 0.717) is 21.7 Å². The number of fused-ring (bicyclic) bond motifs is 2. The molecule has 1 aliphatic carbocycles. The number of aromatic nitrogens is 2. The van der Waals surface area contributed by atoms with E-state index in [0.717, 1.165) is 31.2 Å². The van der Waals surface area contributed by atoms with Gasteiger partial charge in [-0.25, -0.2) is 4.79 Å². The number of hydrogen-bond donors (Lipinski definition) is 1. The van der Waals surface area contributed by atoms with Crippen molar-refractivity contribution in [3.8, 4) is 11.5 Å². The number of ether oxygens (including phenoxy) is 2. The molecule has 0 bridgehead atoms. The third-order valence-corrected chi connectivity index (χ3v) is 6.78. The first-order chi connectivity index (χ1) is 15.1. The van der Waals surface area contributed by atoms with Crippen LogP contribution in [-0.2, 0) is 17.9 Å². The number of rotatable bonds is 5. The highest BCUT2D eigenvalue weighted by molar-refractivity contribution is 7.17. The van der Waals surface area contributed by atoms with Gasteiger partial charge in [0.1, 0.15) is 11.2 Å². The maximum Gasteiger partial charge on any atom is 0.332 e. The molecule has 0 atom stereocenters. The summed E-state index contributed by atoms with van der Waals surface area (Å²) in [6.07, 6.45) is 5.36. The van der Waals surface area contributed by atoms with Gasteiger partial charge in [-0.3, -0.25) is 18.7 Å². The molecule has 1 aliphatic heterocycles. The van der Waals surface area contributed by atoms with Crippen LogP contribution in [0.25, 0.3) is 10.2 Å². The second kappa shape index (κ2) is 8.22. The summed E-state index contributed by atoms with van der Waals surface area (Å²) in [5.41, 5.74) is 0.405. The number of carbonyl (C=O) groups excluding carboxylic acids is 1. The van der Waals surface area contributed by atoms with E-state index in [2.05, 4.69) is 5.32 Å². The minimum Gasteiger partial charge on any atom is -0.454 e. The smallest absolute Gasteiger partial charge is 0.332 e. The van der Waals surface area contributed by atoms with E-state index in [1.165, 1.54) is 26.9 Å². The van der Waals surface area contributed by atoms with Gasteiger partial charge in [0.15, 0.2) is 11.5 Å². The summed E-state index contributed by atoms with van der Waals surface area (Å²) in [4.78, 5) is 39.0. The zero-order valence-electron chi connectivity index (χ0n) is 17.0. The molecule has 5 rings (SSSR count). The van der Waals surface area contributed by atoms with Gasteiger partial charge in [-0.15, -0.1) is 11.3 Å². The second-order valence-corrected chi connectivity index (χ2v) is 8.90. The summed E-state index contributed by atoms with van der Waals surface area (Å²) in [5, 5.41) is 4.82. The Bertz CT molecular complexity index is 1250. The molecule has 31 heavy (non-hydrogen) atoms. The van der Waals surface area contributed by atoms with Crippen LogP contribution in [0.1, 0.15) is 37.7 Å². The Hall–Kier alpha value is -3.07. The van der Waals surface area contributed by atoms with Gasteiger partial charge in [-0.1, -0.05) is 25.3 Å². The van der Waals surface area contributed by atoms with E-state index in [4.69, 9.17) is 9.47 Å². The summed E-state index contributed by atoms with van der Waals surface area (Å²) < 4.78 is 13.8. The fourth-order valence-corrected chi connectivity index (χ4v) is 5.15. The molecular formula is C22H23N3O5S. The molecule has 1 aromatic carbocycles. The zero-order valence-corrected chi connectivity index (χ0v) is 17.8. The minimum absolute atomic E-state index is 0.0897. The largest absolute Gasteiger partial charge is 0.454 e. The van der Waals surface area contributed by atoms with E-state index >= 15 is 0 Å². The first kappa shape index (κ1) is 19.9. The van der Waals surface area contributed by atoms with E-state index in [9.17, 15) is 14.4 Å². The van der Waals surface area contributed by atoms with Crippen LogP contribution in [0.4, 0.5) is 0 Å². The molecule has 0 saturated heterocycles. The van der Waals surface area contributed by atoms with Crippen molar-refractivity contribution in [1.29, 1.82) is 0 Å². The van der Waals surface area contributed by atoms with E-state index in [-0.39, 0.29) is 37.4 Å². The highest BCUT2D eigenvalue weighted by Crippen LogP contribution is 2.32. The number of nitrogens with one attached hydrogen (secondary N) is 1. The molecule has 0 spiro atoms. The zero-order chi connectivity index (χ0) is 21.4. The first-order valence-corrected chi connectivity index (χ1v) is 11.4. The average molecular weight is 442 g/mol. The van der Waals surface area contributed by atoms with Gasteiger partial charge in [0.25, 0.3) is 5.56 Å². The second-order valence-electron chi connectivity index (χ2n) is 7.99. The Kier molecular flexibility index (Phi) is 5.27. The molecule has 162 valence electrons. The van der Waals surface area contributed by atoms with Crippen molar-refractivity contribution in [2.45, 2.75) is 51.2 Å². The van der Waals surface area contributed by atoms with Gasteiger partial charge in [0.2, 0.25) is 12.7 Å². The van der Waals surface area contributed by atoms with E-state index in [1.807, 2.05) is 0 Å². The SMILES string of the molecule is O=C(Cn1c(=O)n(Cc2ccc3c(c2)OCO3)c(=O)c2sccc21)NC1CCCCC1. The van der Waals surface area contributed by atoms with Crippen molar-refractivity contribution in [3.63, 3.8) is 0 Å². The number of thiophene rings is 1. The molecule has 8 nitrogen and oxygen atoms in total. The Balaban J connectivity index is 1.47. The standard InChI is InChI=1S/C22H23N3O5S/c26-19(23-15-4-2-1-3-5-15)12-24-16-8-9-31-20(16)21(27)25(22(24)28)11-14-6-7-17-18(10-14)30-13-29-17/h6-10,15H,1-5,11-13H2,(H,23,26). The van der Waals surface area contributed by atoms with Gasteiger partial charge in [-0.05, 0) is 42.0 Å². The van der Waals surface area contributed by atoms with Gasteiger partial charge < -0.3 is 14.8 Å². The molecular weight excluding hydrogens is 418 g/mol. The Morgan fingerprint density at radius 3 is 2.71 bits per heavy atom. The van der Waals surface area contributed by atoms with Gasteiger partial charge in [0.05, 0.1) is 12.1 Å². The monoisotopic (exact) mass is 441 g/mol. The maximum absolute atomic E-state index is 13.3. The molecule has 1 saturated carbocycles. The van der Waals surface area contributed by atoms with E-state index < -0.39 is 5.69 Å². The summed E-state index contributed by atoms with van der Waals surface area (Å²) in [6, 6.07) is 7.23. The number of benzene rings is 1. The highest BCUT2D eigenvalue weighted by atomic mass is 32.1. The van der Waals surface area contributed by atoms with Crippen LogP contribution in [0.3, 0.4) is 0 Å². The van der Waals surface area contributed by atoms with Crippen LogP contribution >= 0.6 is 11.3 Å². The van der Waals surface area contributed by atoms with Crippen LogP contribution < -0.4 is 26.0 Å². The molecule has 2 aliphatic rings. The minimum atomic E-state index is -0.493. The average Bonchev–Trinajstić information content (AvgIpc) is 3.44. The molecule has 1 N–H and O–H groups in total. The highest BCUT2D eigenvalue weighted by Gasteiger charge is 2.20. The first-order valence-electron chi connectivity index (χ1n) is 10.5. The summed E-state index contributed by atoms with van der Waals surface area (Å²) in [5.74, 6) is 1.03. The van der Waals surface area contributed by atoms with Crippen LogP contribution in [0, 0.1) is 0 Å². The molecule has 3 heterocycles. The summed E-state index contributed by atoms with van der Waals surface area (Å²) in [6.45, 7) is 0.138. The molecule has 9 heteroatoms. The predicted molar refractivity (Wildman–Crippen MR) is 117 cm³/mol. The summed E-state index contributed by atoms with van der Waals surface area (Å²) in [7, 11) is 0. The van der Waals surface area contributed by atoms with Crippen LogP contribution in [-0.4, -0.2) is 27.9 Å². The number of amides is 1. The molecule has 1 amide bonds. The predicted octanol–water partition coefficient (Wildman–Crippen LogP) is 2.45. The molecule has 3 aromatic rings. The number of carbonyl (C=O) groups is 1. The fourth-order valence-electron chi connectivity index (χ4n) is 4.31. The van der Waals surface area contributed by atoms with Crippen LogP contribution in [0.15, 0.2) is 39.2 Å². The number of nitrogens with zero attached hydrogens (tertiary/aromatic N) is 2. The Labute approximate surface area is 182 Å². The molecule has 2 aromatic heterocycles. The normalized spacial score (nSPS) is 16.0. The topological polar surface area (TPSA) is 91.6 Å². The lowest BCUT2D eigenvalue weighted by Crippen LogP contribution is -2.44. The Morgan fingerprint density at radius 1 is 1.06 bits per heavy atom. The van der Waals surface area contributed by atoms with Gasteiger partial charge in [-0.2, -0.15) is 0 Å². The summed E-state index contributed by atoms with van der Waals surface area (Å²) >= 11 is 1.27. The third-order valence-electron chi connectivity index (χ3n) is 5.89. The lowest BCUT2D eigenvalue weighted by molar-refractivity contribution is -0.122. The lowest BCUT2D eigenvalue weighted by atomic mass is 9.95. The molecule has 0 unspecified atom stereocenters. The third kappa shape index (κ3) is 3.85. The maximum atomic E-state index is 13.3. The van der Waals surface area contributed by atoms with Crippen molar-refractivity contribution in [3.05, 3.63) is 56.0 Å². The van der Waals surface area contributed by atoms with Crippen LogP contribution in [0.2, 0.25) is 0 Å². The quantitative estimate of drug-likeness (QED) is 0.657. The van der Waals surface area contributed by atoms with Gasteiger partial charge >= 0.3 is 5.69 Å². The fraction of sp³-hybridized carbons (Fsp3) is 0.409. The van der Waals surface area contributed by atoms with Crippen molar-refractivity contribution in [1.82, 2.24) is 14.5 Å². The van der Waals surface area contributed by atoms with Crippen molar-refractivity contribution in [2.24, 2.45) is 0 Å². The Morgan fingerprint density at radius 2 is 1.87 bits per heavy atom. The van der Waals surface area contributed by atoms with Gasteiger partial charge in [0, 0.05) is 6.04 Å². The van der Waals surface area contributed by atoms with Crippen molar-refractivity contribution in [2.75, 3.05) is 6.79 Å². The van der Waals surface area contributed by atoms with Crippen molar-refractivity contribution >= 4 is 27.5 Å².